The fourth-order valence-electron chi connectivity index (χ4n) is 3.12. The maximum atomic E-state index is 11.9. The number of carbonyl (C=O) groups is 1. The van der Waals surface area contributed by atoms with Gasteiger partial charge in [-0.1, -0.05) is 18.2 Å². The molecule has 8 nitrogen and oxygen atoms in total. The lowest BCUT2D eigenvalue weighted by atomic mass is 10.0. The molecule has 4 rings (SSSR count). The molecule has 2 aromatic heterocycles. The van der Waals surface area contributed by atoms with E-state index in [1.54, 1.807) is 23.0 Å². The number of nitrogens with two attached hydrogens (primary N) is 1. The standard InChI is InChI=1S/C19H20N6O2/c20-14(5-9-26)12-2-1-3-13(10-12)18-21-6-4-15(23-18)16-11-17-19(27)22-7-8-25(17)24-16/h1-4,6,10-11,14,26H,5,7-9,20H2,(H,22,27). The van der Waals surface area contributed by atoms with Crippen molar-refractivity contribution < 1.29 is 9.90 Å². The van der Waals surface area contributed by atoms with Crippen LogP contribution in [0.1, 0.15) is 28.5 Å². The Morgan fingerprint density at radius 1 is 1.26 bits per heavy atom. The van der Waals surface area contributed by atoms with Gasteiger partial charge in [0, 0.05) is 31.0 Å². The van der Waals surface area contributed by atoms with Gasteiger partial charge < -0.3 is 16.2 Å². The first-order valence-electron chi connectivity index (χ1n) is 8.82. The minimum absolute atomic E-state index is 0.0376. The van der Waals surface area contributed by atoms with Crippen LogP contribution in [0.15, 0.2) is 42.6 Å². The van der Waals surface area contributed by atoms with Crippen molar-refractivity contribution in [3.05, 3.63) is 53.9 Å². The SMILES string of the molecule is NC(CCO)c1cccc(-c2nccc(-c3cc4n(n3)CCNC4=O)n2)c1. The zero-order valence-electron chi connectivity index (χ0n) is 14.7. The lowest BCUT2D eigenvalue weighted by molar-refractivity contribution is 0.0924. The number of amides is 1. The number of nitrogens with zero attached hydrogens (tertiary/aromatic N) is 4. The molecular weight excluding hydrogens is 344 g/mol. The van der Waals surface area contributed by atoms with Gasteiger partial charge in [-0.25, -0.2) is 9.97 Å². The van der Waals surface area contributed by atoms with Gasteiger partial charge in [-0.15, -0.1) is 0 Å². The molecule has 3 aromatic rings. The minimum Gasteiger partial charge on any atom is -0.396 e. The summed E-state index contributed by atoms with van der Waals surface area (Å²) in [6, 6.07) is 11.0. The molecule has 0 saturated carbocycles. The van der Waals surface area contributed by atoms with Crippen LogP contribution in [0.4, 0.5) is 0 Å². The molecule has 3 heterocycles. The topological polar surface area (TPSA) is 119 Å². The highest BCUT2D eigenvalue weighted by atomic mass is 16.3. The number of fused-ring (bicyclic) bond motifs is 1. The van der Waals surface area contributed by atoms with Crippen LogP contribution in [0.25, 0.3) is 22.8 Å². The van der Waals surface area contributed by atoms with Gasteiger partial charge in [0.25, 0.3) is 5.91 Å². The van der Waals surface area contributed by atoms with E-state index in [1.165, 1.54) is 0 Å². The Morgan fingerprint density at radius 3 is 2.96 bits per heavy atom. The molecule has 0 radical (unpaired) electrons. The van der Waals surface area contributed by atoms with Crippen LogP contribution in [-0.4, -0.2) is 43.9 Å². The Morgan fingerprint density at radius 2 is 2.15 bits per heavy atom. The summed E-state index contributed by atoms with van der Waals surface area (Å²) >= 11 is 0. The quantitative estimate of drug-likeness (QED) is 0.624. The van der Waals surface area contributed by atoms with Crippen molar-refractivity contribution in [3.8, 4) is 22.8 Å². The van der Waals surface area contributed by atoms with Crippen LogP contribution in [0.5, 0.6) is 0 Å². The molecule has 1 unspecified atom stereocenters. The molecule has 1 atom stereocenters. The van der Waals surface area contributed by atoms with E-state index in [1.807, 2.05) is 24.3 Å². The van der Waals surface area contributed by atoms with E-state index >= 15 is 0 Å². The first kappa shape index (κ1) is 17.3. The molecular formula is C19H20N6O2. The molecule has 0 spiro atoms. The van der Waals surface area contributed by atoms with Crippen molar-refractivity contribution in [1.82, 2.24) is 25.1 Å². The highest BCUT2D eigenvalue weighted by Crippen LogP contribution is 2.24. The van der Waals surface area contributed by atoms with E-state index in [-0.39, 0.29) is 18.6 Å². The zero-order valence-corrected chi connectivity index (χ0v) is 14.7. The van der Waals surface area contributed by atoms with E-state index in [9.17, 15) is 4.79 Å². The molecule has 1 aliphatic heterocycles. The van der Waals surface area contributed by atoms with Crippen LogP contribution in [0.3, 0.4) is 0 Å². The maximum Gasteiger partial charge on any atom is 0.269 e. The summed E-state index contributed by atoms with van der Waals surface area (Å²) in [7, 11) is 0. The second-order valence-corrected chi connectivity index (χ2v) is 6.40. The summed E-state index contributed by atoms with van der Waals surface area (Å²) in [6.45, 7) is 1.25. The van der Waals surface area contributed by atoms with Crippen molar-refractivity contribution in [3.63, 3.8) is 0 Å². The number of hydrogen-bond acceptors (Lipinski definition) is 6. The molecule has 27 heavy (non-hydrogen) atoms. The van der Waals surface area contributed by atoms with Gasteiger partial charge in [0.05, 0.1) is 12.2 Å². The molecule has 138 valence electrons. The average molecular weight is 364 g/mol. The highest BCUT2D eigenvalue weighted by Gasteiger charge is 2.20. The molecule has 0 aliphatic carbocycles. The van der Waals surface area contributed by atoms with E-state index in [0.717, 1.165) is 11.1 Å². The van der Waals surface area contributed by atoms with Crippen molar-refractivity contribution >= 4 is 5.91 Å². The van der Waals surface area contributed by atoms with Gasteiger partial charge in [-0.05, 0) is 30.2 Å². The van der Waals surface area contributed by atoms with E-state index < -0.39 is 0 Å². The molecule has 4 N–H and O–H groups in total. The molecule has 8 heteroatoms. The number of aliphatic hydroxyl groups is 1. The van der Waals surface area contributed by atoms with E-state index in [0.29, 0.717) is 42.4 Å². The Bertz CT molecular complexity index is 984. The van der Waals surface area contributed by atoms with E-state index in [2.05, 4.69) is 20.4 Å². The summed E-state index contributed by atoms with van der Waals surface area (Å²) < 4.78 is 1.70. The van der Waals surface area contributed by atoms with Gasteiger partial charge >= 0.3 is 0 Å². The zero-order chi connectivity index (χ0) is 18.8. The van der Waals surface area contributed by atoms with Gasteiger partial charge in [-0.2, -0.15) is 5.10 Å². The number of aromatic nitrogens is 4. The third-order valence-electron chi connectivity index (χ3n) is 4.55. The summed E-state index contributed by atoms with van der Waals surface area (Å²) in [4.78, 5) is 20.9. The second-order valence-electron chi connectivity index (χ2n) is 6.40. The number of rotatable bonds is 5. The van der Waals surface area contributed by atoms with Gasteiger partial charge in [0.15, 0.2) is 5.82 Å². The lowest BCUT2D eigenvalue weighted by Gasteiger charge is -2.13. The van der Waals surface area contributed by atoms with Gasteiger partial charge in [0.2, 0.25) is 0 Å². The largest absolute Gasteiger partial charge is 0.396 e. The number of carbonyl (C=O) groups excluding carboxylic acids is 1. The van der Waals surface area contributed by atoms with Crippen molar-refractivity contribution in [2.75, 3.05) is 13.2 Å². The Kier molecular flexibility index (Phi) is 4.66. The van der Waals surface area contributed by atoms with Crippen LogP contribution >= 0.6 is 0 Å². The van der Waals surface area contributed by atoms with Crippen LogP contribution in [0, 0.1) is 0 Å². The Hall–Kier alpha value is -3.10. The summed E-state index contributed by atoms with van der Waals surface area (Å²) in [5.74, 6) is 0.431. The maximum absolute atomic E-state index is 11.9. The predicted octanol–water partition coefficient (Wildman–Crippen LogP) is 1.13. The third-order valence-corrected chi connectivity index (χ3v) is 4.55. The Labute approximate surface area is 156 Å². The first-order chi connectivity index (χ1) is 13.2. The molecule has 0 bridgehead atoms. The van der Waals surface area contributed by atoms with Gasteiger partial charge in [-0.3, -0.25) is 9.48 Å². The number of benzene rings is 1. The van der Waals surface area contributed by atoms with Crippen molar-refractivity contribution in [2.24, 2.45) is 5.73 Å². The molecule has 1 aliphatic rings. The first-order valence-corrected chi connectivity index (χ1v) is 8.82. The normalized spacial score (nSPS) is 14.5. The number of nitrogens with one attached hydrogen (secondary N) is 1. The smallest absolute Gasteiger partial charge is 0.269 e. The van der Waals surface area contributed by atoms with Crippen molar-refractivity contribution in [1.29, 1.82) is 0 Å². The Balaban J connectivity index is 1.68. The van der Waals surface area contributed by atoms with Crippen molar-refractivity contribution in [2.45, 2.75) is 19.0 Å². The number of hydrogen-bond donors (Lipinski definition) is 3. The molecule has 1 aromatic carbocycles. The van der Waals surface area contributed by atoms with E-state index in [4.69, 9.17) is 10.8 Å². The summed E-state index contributed by atoms with van der Waals surface area (Å²) in [5.41, 5.74) is 9.68. The minimum atomic E-state index is -0.239. The van der Waals surface area contributed by atoms with Gasteiger partial charge in [0.1, 0.15) is 11.4 Å². The average Bonchev–Trinajstić information content (AvgIpc) is 3.14. The summed E-state index contributed by atoms with van der Waals surface area (Å²) in [6.07, 6.45) is 2.17. The predicted molar refractivity (Wildman–Crippen MR) is 99.7 cm³/mol. The second kappa shape index (κ2) is 7.26. The van der Waals surface area contributed by atoms with Crippen LogP contribution in [-0.2, 0) is 6.54 Å². The fourth-order valence-corrected chi connectivity index (χ4v) is 3.12. The highest BCUT2D eigenvalue weighted by molar-refractivity contribution is 5.94. The van der Waals surface area contributed by atoms with Crippen LogP contribution in [0.2, 0.25) is 0 Å². The summed E-state index contributed by atoms with van der Waals surface area (Å²) in [5, 5.41) is 16.4. The third kappa shape index (κ3) is 3.44. The molecule has 0 fully saturated rings. The molecule has 0 saturated heterocycles. The monoisotopic (exact) mass is 364 g/mol. The fraction of sp³-hybridized carbons (Fsp3) is 0.263. The molecule has 1 amide bonds. The number of aliphatic hydroxyl groups excluding tert-OH is 1. The lowest BCUT2D eigenvalue weighted by Crippen LogP contribution is -2.35. The van der Waals surface area contributed by atoms with Crippen LogP contribution < -0.4 is 11.1 Å².